The molecule has 2 aromatic rings. The molecule has 33 heavy (non-hydrogen) atoms. The van der Waals surface area contributed by atoms with Crippen molar-refractivity contribution in [1.29, 1.82) is 0 Å². The maximum Gasteiger partial charge on any atom is 0.276 e. The normalized spacial score (nSPS) is 16.8. The number of thioether (sulfide) groups is 1. The molecule has 1 amide bonds. The fourth-order valence-electron chi connectivity index (χ4n) is 3.60. The molecule has 2 aromatic carbocycles. The minimum absolute atomic E-state index is 0.0764. The van der Waals surface area contributed by atoms with E-state index in [2.05, 4.69) is 12.2 Å². The zero-order valence-electron chi connectivity index (χ0n) is 18.5. The highest BCUT2D eigenvalue weighted by atomic mass is 32.2. The van der Waals surface area contributed by atoms with E-state index in [4.69, 9.17) is 14.8 Å². The molecule has 1 unspecified atom stereocenters. The molecule has 9 nitrogen and oxygen atoms in total. The minimum atomic E-state index is -0.783. The highest BCUT2D eigenvalue weighted by molar-refractivity contribution is 8.13. The van der Waals surface area contributed by atoms with Crippen LogP contribution in [0.5, 0.6) is 5.75 Å². The molecule has 172 valence electrons. The molecule has 2 aliphatic rings. The molecule has 0 saturated heterocycles. The number of non-ortho nitro benzene ring substituents is 1. The van der Waals surface area contributed by atoms with Crippen LogP contribution in [0.3, 0.4) is 0 Å². The van der Waals surface area contributed by atoms with Gasteiger partial charge in [-0.25, -0.2) is 5.01 Å². The number of ether oxygens (including phenoxy) is 1. The van der Waals surface area contributed by atoms with Crippen LogP contribution < -0.4 is 20.6 Å². The lowest BCUT2D eigenvalue weighted by molar-refractivity contribution is -0.385. The van der Waals surface area contributed by atoms with E-state index in [0.29, 0.717) is 39.4 Å². The highest BCUT2D eigenvalue weighted by Crippen LogP contribution is 2.37. The van der Waals surface area contributed by atoms with E-state index < -0.39 is 11.1 Å². The Morgan fingerprint density at radius 3 is 2.79 bits per heavy atom. The summed E-state index contributed by atoms with van der Waals surface area (Å²) in [6.07, 6.45) is 2.02. The number of hydrogen-bond acceptors (Lipinski definition) is 8. The van der Waals surface area contributed by atoms with Crippen LogP contribution in [0.25, 0.3) is 5.70 Å². The topological polar surface area (TPSA) is 109 Å². The van der Waals surface area contributed by atoms with Crippen LogP contribution in [0.4, 0.5) is 5.69 Å². The van der Waals surface area contributed by atoms with Crippen molar-refractivity contribution in [3.8, 4) is 5.75 Å². The zero-order chi connectivity index (χ0) is 23.4. The number of carbonyl (C=O) groups excluding carboxylic acids is 1. The number of nitrogens with one attached hydrogen (secondary N) is 1. The summed E-state index contributed by atoms with van der Waals surface area (Å²) in [4.78, 5) is 29.1. The summed E-state index contributed by atoms with van der Waals surface area (Å²) in [5.74, 6) is 1.02. The molecular formula is C23H25N5O4S. The molecule has 0 radical (unpaired) electrons. The van der Waals surface area contributed by atoms with Crippen molar-refractivity contribution in [1.82, 2.24) is 10.3 Å². The number of para-hydroxylation sites is 1. The summed E-state index contributed by atoms with van der Waals surface area (Å²) in [6, 6.07) is 11.8. The van der Waals surface area contributed by atoms with Gasteiger partial charge in [0.2, 0.25) is 0 Å². The maximum absolute atomic E-state index is 13.2. The van der Waals surface area contributed by atoms with Crippen molar-refractivity contribution in [3.63, 3.8) is 0 Å². The average molecular weight is 468 g/mol. The molecule has 0 aromatic heterocycles. The number of rotatable bonds is 8. The van der Waals surface area contributed by atoms with E-state index in [-0.39, 0.29) is 11.6 Å². The second kappa shape index (κ2) is 10.0. The van der Waals surface area contributed by atoms with Gasteiger partial charge in [-0.3, -0.25) is 25.2 Å². The van der Waals surface area contributed by atoms with Crippen molar-refractivity contribution in [3.05, 3.63) is 68.7 Å². The van der Waals surface area contributed by atoms with Crippen molar-refractivity contribution < 1.29 is 14.5 Å². The second-order valence-corrected chi connectivity index (χ2v) is 8.69. The average Bonchev–Trinajstić information content (AvgIpc) is 2.82. The van der Waals surface area contributed by atoms with Crippen LogP contribution >= 0.6 is 11.8 Å². The van der Waals surface area contributed by atoms with Gasteiger partial charge in [-0.2, -0.15) is 0 Å². The molecule has 1 N–H and O–H groups in total. The molecule has 0 bridgehead atoms. The number of nitro groups is 1. The van der Waals surface area contributed by atoms with Gasteiger partial charge in [0.25, 0.3) is 11.6 Å². The predicted molar refractivity (Wildman–Crippen MR) is 127 cm³/mol. The van der Waals surface area contributed by atoms with E-state index in [0.717, 1.165) is 25.0 Å². The van der Waals surface area contributed by atoms with Crippen LogP contribution in [0.15, 0.2) is 52.6 Å². The fraction of sp³-hybridized carbons (Fsp3) is 0.348. The Labute approximate surface area is 195 Å². The molecule has 0 saturated carbocycles. The lowest BCUT2D eigenvalue weighted by Gasteiger charge is -2.34. The number of amidine groups is 1. The smallest absolute Gasteiger partial charge is 0.276 e. The lowest BCUT2D eigenvalue weighted by Crippen LogP contribution is -2.50. The molecule has 0 fully saturated rings. The Morgan fingerprint density at radius 2 is 2.03 bits per heavy atom. The molecular weight excluding hydrogens is 442 g/mol. The molecule has 0 spiro atoms. The van der Waals surface area contributed by atoms with Crippen molar-refractivity contribution in [2.24, 2.45) is 10.1 Å². The van der Waals surface area contributed by atoms with Gasteiger partial charge in [-0.15, -0.1) is 5.10 Å². The van der Waals surface area contributed by atoms with Gasteiger partial charge >= 0.3 is 0 Å². The standard InChI is InChI=1S/C23H25N5O4S/c1-3-5-13-33-23-25-22(29)20-16-8-6-7-9-18(16)24-21(27(20)26-23)17-14-15(28(30)31)10-11-19(17)32-12-4-2/h6-11,14,21H,3-5,12-13H2,1-2H3,(H,25,26,29). The van der Waals surface area contributed by atoms with Crippen LogP contribution in [0.2, 0.25) is 0 Å². The summed E-state index contributed by atoms with van der Waals surface area (Å²) >= 11 is 1.47. The summed E-state index contributed by atoms with van der Waals surface area (Å²) in [5.41, 5.74) is 0.770. The van der Waals surface area contributed by atoms with Gasteiger partial charge in [-0.1, -0.05) is 50.2 Å². The first kappa shape index (κ1) is 22.8. The quantitative estimate of drug-likeness (QED) is 0.363. The zero-order valence-corrected chi connectivity index (χ0v) is 19.3. The van der Waals surface area contributed by atoms with E-state index in [1.54, 1.807) is 11.1 Å². The van der Waals surface area contributed by atoms with E-state index in [1.807, 2.05) is 31.2 Å². The maximum atomic E-state index is 13.2. The number of carbonyl (C=O) groups is 1. The third kappa shape index (κ3) is 4.70. The van der Waals surface area contributed by atoms with E-state index >= 15 is 0 Å². The van der Waals surface area contributed by atoms with Gasteiger partial charge in [0.1, 0.15) is 11.4 Å². The molecule has 1 atom stereocenters. The second-order valence-electron chi connectivity index (χ2n) is 7.60. The number of unbranched alkanes of at least 4 members (excludes halogenated alkanes) is 1. The van der Waals surface area contributed by atoms with Crippen molar-refractivity contribution >= 4 is 34.2 Å². The van der Waals surface area contributed by atoms with Crippen LogP contribution in [0.1, 0.15) is 44.8 Å². The van der Waals surface area contributed by atoms with Crippen molar-refractivity contribution in [2.75, 3.05) is 12.4 Å². The molecule has 10 heteroatoms. The van der Waals surface area contributed by atoms with E-state index in [1.165, 1.54) is 23.9 Å². The number of nitrogens with zero attached hydrogens (tertiary/aromatic N) is 4. The van der Waals surface area contributed by atoms with Crippen LogP contribution in [-0.4, -0.2) is 33.4 Å². The number of fused-ring (bicyclic) bond motifs is 2. The van der Waals surface area contributed by atoms with Crippen molar-refractivity contribution in [2.45, 2.75) is 39.3 Å². The Morgan fingerprint density at radius 1 is 1.21 bits per heavy atom. The van der Waals surface area contributed by atoms with Gasteiger partial charge in [-0.05, 0) is 25.0 Å². The number of hydrogen-bond donors (Lipinski definition) is 1. The molecule has 0 aliphatic carbocycles. The molecule has 4 rings (SSSR count). The van der Waals surface area contributed by atoms with Gasteiger partial charge in [0.05, 0.1) is 16.9 Å². The first-order valence-corrected chi connectivity index (χ1v) is 11.9. The summed E-state index contributed by atoms with van der Waals surface area (Å²) in [5, 5.41) is 22.4. The third-order valence-corrected chi connectivity index (χ3v) is 6.15. The Kier molecular flexibility index (Phi) is 6.93. The number of hydrazone groups is 1. The largest absolute Gasteiger partial charge is 0.493 e. The van der Waals surface area contributed by atoms with Gasteiger partial charge in [0.15, 0.2) is 11.3 Å². The lowest BCUT2D eigenvalue weighted by atomic mass is 10.1. The third-order valence-electron chi connectivity index (χ3n) is 5.20. The first-order valence-electron chi connectivity index (χ1n) is 10.9. The minimum Gasteiger partial charge on any atom is -0.493 e. The Hall–Kier alpha value is -3.40. The summed E-state index contributed by atoms with van der Waals surface area (Å²) < 4.78 is 5.90. The van der Waals surface area contributed by atoms with E-state index in [9.17, 15) is 14.9 Å². The van der Waals surface area contributed by atoms with Gasteiger partial charge < -0.3 is 4.74 Å². The van der Waals surface area contributed by atoms with Gasteiger partial charge in [0, 0.05) is 28.7 Å². The summed E-state index contributed by atoms with van der Waals surface area (Å²) in [7, 11) is 0. The monoisotopic (exact) mass is 467 g/mol. The Bertz CT molecular complexity index is 1230. The highest BCUT2D eigenvalue weighted by Gasteiger charge is 2.36. The number of benzene rings is 2. The molecule has 2 aliphatic heterocycles. The first-order chi connectivity index (χ1) is 16.0. The SMILES string of the molecule is CCCCSC1=NN2C(=c3ccccc3=NC2c2cc([N+](=O)[O-])ccc2OCCC)C(=O)N1. The van der Waals surface area contributed by atoms with Crippen LogP contribution in [0, 0.1) is 10.1 Å². The predicted octanol–water partition coefficient (Wildman–Crippen LogP) is 3.06. The number of amides is 1. The van der Waals surface area contributed by atoms with Crippen LogP contribution in [-0.2, 0) is 4.79 Å². The number of nitro benzene ring substituents is 1. The molecule has 2 heterocycles. The fourth-order valence-corrected chi connectivity index (χ4v) is 4.54. The summed E-state index contributed by atoms with van der Waals surface area (Å²) in [6.45, 7) is 4.54. The Balaban J connectivity index is 1.88.